The van der Waals surface area contributed by atoms with Gasteiger partial charge in [0.15, 0.2) is 6.29 Å². The predicted octanol–water partition coefficient (Wildman–Crippen LogP) is 6.43. The third-order valence-electron chi connectivity index (χ3n) is 6.68. The normalized spacial score (nSPS) is 12.6. The van der Waals surface area contributed by atoms with E-state index in [1.165, 1.54) is 6.07 Å². The Morgan fingerprint density at radius 3 is 2.58 bits per heavy atom. The number of hydrogen-bond donors (Lipinski definition) is 2. The number of nitrogens with zero attached hydrogens (tertiary/aromatic N) is 2. The fourth-order valence-corrected chi connectivity index (χ4v) is 4.79. The predicted molar refractivity (Wildman–Crippen MR) is 155 cm³/mol. The van der Waals surface area contributed by atoms with E-state index in [1.807, 2.05) is 26.0 Å². The number of aldehydes is 1. The first kappa shape index (κ1) is 26.5. The molecule has 1 atom stereocenters. The largest absolute Gasteiger partial charge is 0.455 e. The number of aryl methyl sites for hydroxylation is 1. The van der Waals surface area contributed by atoms with Crippen molar-refractivity contribution in [3.05, 3.63) is 118 Å². The van der Waals surface area contributed by atoms with Gasteiger partial charge < -0.3 is 15.5 Å². The molecule has 3 N–H and O–H groups in total. The van der Waals surface area contributed by atoms with Gasteiger partial charge in [-0.05, 0) is 68.8 Å². The number of hydrogen-bond acceptors (Lipinski definition) is 7. The highest BCUT2D eigenvalue weighted by Gasteiger charge is 2.24. The first-order valence-electron chi connectivity index (χ1n) is 12.7. The fraction of sp³-hybridized carbons (Fsp3) is 0.125. The van der Waals surface area contributed by atoms with E-state index in [-0.39, 0.29) is 39.9 Å². The van der Waals surface area contributed by atoms with Crippen LogP contribution in [0.2, 0.25) is 0 Å². The van der Waals surface area contributed by atoms with Crippen LogP contribution in [0.3, 0.4) is 0 Å². The van der Waals surface area contributed by atoms with E-state index in [9.17, 15) is 14.0 Å². The molecule has 200 valence electrons. The van der Waals surface area contributed by atoms with Gasteiger partial charge >= 0.3 is 0 Å². The van der Waals surface area contributed by atoms with Crippen molar-refractivity contribution < 1.29 is 13.6 Å². The Morgan fingerprint density at radius 1 is 1.10 bits per heavy atom. The van der Waals surface area contributed by atoms with E-state index < -0.39 is 0 Å². The van der Waals surface area contributed by atoms with Crippen molar-refractivity contribution in [1.29, 1.82) is 0 Å². The molecule has 0 aliphatic rings. The van der Waals surface area contributed by atoms with E-state index >= 15 is 0 Å². The molecule has 7 nitrogen and oxygen atoms in total. The van der Waals surface area contributed by atoms with Gasteiger partial charge in [-0.2, -0.15) is 0 Å². The van der Waals surface area contributed by atoms with Crippen molar-refractivity contribution in [2.75, 3.05) is 5.32 Å². The summed E-state index contributed by atoms with van der Waals surface area (Å²) in [6, 6.07) is 16.8. The van der Waals surface area contributed by atoms with Gasteiger partial charge in [-0.15, -0.1) is 0 Å². The summed E-state index contributed by atoms with van der Waals surface area (Å²) < 4.78 is 21.1. The van der Waals surface area contributed by atoms with Crippen LogP contribution in [-0.2, 0) is 4.79 Å². The number of nitrogens with two attached hydrogens (primary N) is 1. The summed E-state index contributed by atoms with van der Waals surface area (Å²) in [5, 5.41) is 3.74. The van der Waals surface area contributed by atoms with E-state index in [0.29, 0.717) is 45.3 Å². The van der Waals surface area contributed by atoms with Gasteiger partial charge in [0.05, 0.1) is 28.4 Å². The maximum absolute atomic E-state index is 14.7. The van der Waals surface area contributed by atoms with Crippen molar-refractivity contribution in [1.82, 2.24) is 9.97 Å². The topological polar surface area (TPSA) is 111 Å². The van der Waals surface area contributed by atoms with Crippen LogP contribution in [0.5, 0.6) is 0 Å². The smallest absolute Gasteiger partial charge is 0.201 e. The van der Waals surface area contributed by atoms with E-state index in [0.717, 1.165) is 5.56 Å². The molecule has 0 aliphatic heterocycles. The zero-order valence-corrected chi connectivity index (χ0v) is 22.2. The summed E-state index contributed by atoms with van der Waals surface area (Å²) in [5.41, 5.74) is 9.84. The number of allylic oxidation sites excluding steroid dienone is 2. The van der Waals surface area contributed by atoms with Crippen LogP contribution in [0, 0.1) is 12.7 Å². The Balaban J connectivity index is 1.72. The van der Waals surface area contributed by atoms with Crippen LogP contribution in [0.15, 0.2) is 94.2 Å². The first-order valence-corrected chi connectivity index (χ1v) is 12.7. The number of aromatic nitrogens is 2. The quantitative estimate of drug-likeness (QED) is 0.183. The third kappa shape index (κ3) is 4.87. The average Bonchev–Trinajstić information content (AvgIpc) is 2.95. The van der Waals surface area contributed by atoms with Gasteiger partial charge in [0.25, 0.3) is 0 Å². The highest BCUT2D eigenvalue weighted by atomic mass is 19.1. The molecule has 3 heterocycles. The minimum Gasteiger partial charge on any atom is -0.455 e. The number of fused-ring (bicyclic) bond motifs is 1. The molecule has 2 aromatic carbocycles. The number of carbonyl (C=O) groups is 1. The molecule has 0 fully saturated rings. The molecule has 0 amide bonds. The second kappa shape index (κ2) is 10.9. The van der Waals surface area contributed by atoms with Gasteiger partial charge in [-0.3, -0.25) is 19.6 Å². The van der Waals surface area contributed by atoms with Crippen molar-refractivity contribution in [2.24, 2.45) is 5.73 Å². The van der Waals surface area contributed by atoms with E-state index in [4.69, 9.17) is 10.2 Å². The lowest BCUT2D eigenvalue weighted by Gasteiger charge is -2.21. The van der Waals surface area contributed by atoms with Gasteiger partial charge in [0, 0.05) is 46.6 Å². The molecule has 5 rings (SSSR count). The molecular weight excluding hydrogens is 507 g/mol. The molecular formula is C32H27FN4O3. The van der Waals surface area contributed by atoms with Gasteiger partial charge in [-0.25, -0.2) is 4.39 Å². The van der Waals surface area contributed by atoms with E-state index in [2.05, 4.69) is 15.3 Å². The summed E-state index contributed by atoms with van der Waals surface area (Å²) in [4.78, 5) is 34.6. The minimum atomic E-state index is -0.384. The first-order chi connectivity index (χ1) is 19.3. The van der Waals surface area contributed by atoms with Crippen molar-refractivity contribution >= 4 is 28.5 Å². The van der Waals surface area contributed by atoms with Gasteiger partial charge in [0.1, 0.15) is 17.2 Å². The Kier molecular flexibility index (Phi) is 7.25. The van der Waals surface area contributed by atoms with Crippen LogP contribution in [-0.4, -0.2) is 16.3 Å². The molecule has 8 heteroatoms. The molecule has 0 saturated heterocycles. The number of carbonyl (C=O) groups excluding carboxylic acids is 1. The molecule has 3 aromatic heterocycles. The van der Waals surface area contributed by atoms with Gasteiger partial charge in [-0.1, -0.05) is 18.2 Å². The number of benzene rings is 2. The molecule has 0 bridgehead atoms. The number of halogens is 1. The summed E-state index contributed by atoms with van der Waals surface area (Å²) in [6.07, 6.45) is 5.35. The molecule has 0 unspecified atom stereocenters. The average molecular weight is 535 g/mol. The Hall–Kier alpha value is -5.11. The molecule has 0 aliphatic carbocycles. The summed E-state index contributed by atoms with van der Waals surface area (Å²) in [6.45, 7) is 5.36. The second-order valence-electron chi connectivity index (χ2n) is 9.57. The minimum absolute atomic E-state index is 0.0635. The number of nitrogens with one attached hydrogen (secondary N) is 1. The summed E-state index contributed by atoms with van der Waals surface area (Å²) >= 11 is 0. The summed E-state index contributed by atoms with van der Waals surface area (Å²) in [7, 11) is 0. The maximum atomic E-state index is 14.7. The van der Waals surface area contributed by atoms with Crippen LogP contribution in [0.4, 0.5) is 10.1 Å². The monoisotopic (exact) mass is 534 g/mol. The number of rotatable bonds is 7. The second-order valence-corrected chi connectivity index (χ2v) is 9.57. The van der Waals surface area contributed by atoms with Crippen molar-refractivity contribution in [3.63, 3.8) is 0 Å². The van der Waals surface area contributed by atoms with Crippen molar-refractivity contribution in [2.45, 2.75) is 26.8 Å². The van der Waals surface area contributed by atoms with E-state index in [1.54, 1.807) is 68.0 Å². The van der Waals surface area contributed by atoms with Crippen LogP contribution in [0.1, 0.15) is 36.6 Å². The number of anilines is 1. The Morgan fingerprint density at radius 2 is 1.88 bits per heavy atom. The lowest BCUT2D eigenvalue weighted by molar-refractivity contribution is -0.103. The third-order valence-corrected chi connectivity index (χ3v) is 6.68. The molecule has 0 saturated carbocycles. The standard InChI is InChI=1S/C32H27FN4O3/c1-18-14-23(20(3)37-27-11-7-13-36-29(27)22-9-4-5-10-26(22)33)32-24(15-18)30(39)28(25(17-38)19(2)34)31(40-32)21-8-6-12-35-16-21/h4-17,20,37H,34H2,1-3H3/t20-/m1/s1. The SMILES string of the molecule is CC(N)=C(C=O)c1c(-c2cccnc2)oc2c([C@@H](C)Nc3cccnc3-c3ccccc3F)cc(C)cc2c1=O. The fourth-order valence-electron chi connectivity index (χ4n) is 4.79. The molecule has 5 aromatic rings. The van der Waals surface area contributed by atoms with Gasteiger partial charge in [0.2, 0.25) is 5.43 Å². The molecule has 0 radical (unpaired) electrons. The zero-order chi connectivity index (χ0) is 28.4. The highest BCUT2D eigenvalue weighted by Crippen LogP contribution is 2.36. The molecule has 40 heavy (non-hydrogen) atoms. The number of pyridine rings is 2. The Bertz CT molecular complexity index is 1830. The zero-order valence-electron chi connectivity index (χ0n) is 22.2. The maximum Gasteiger partial charge on any atom is 0.201 e. The Labute approximate surface area is 230 Å². The van der Waals surface area contributed by atoms with Crippen LogP contribution < -0.4 is 16.5 Å². The van der Waals surface area contributed by atoms with Crippen LogP contribution in [0.25, 0.3) is 39.1 Å². The van der Waals surface area contributed by atoms with Crippen molar-refractivity contribution in [3.8, 4) is 22.6 Å². The van der Waals surface area contributed by atoms with Crippen LogP contribution >= 0.6 is 0 Å². The lowest BCUT2D eigenvalue weighted by atomic mass is 9.95. The summed E-state index contributed by atoms with van der Waals surface area (Å²) in [5.74, 6) is -0.185. The highest BCUT2D eigenvalue weighted by molar-refractivity contribution is 6.11. The molecule has 0 spiro atoms. The lowest BCUT2D eigenvalue weighted by Crippen LogP contribution is -2.16.